The molecule has 0 fully saturated rings. The summed E-state index contributed by atoms with van der Waals surface area (Å²) in [5.41, 5.74) is 5.01. The van der Waals surface area contributed by atoms with Gasteiger partial charge in [-0.1, -0.05) is 49.0 Å². The molecule has 0 spiro atoms. The molecule has 4 aromatic rings. The minimum atomic E-state index is -0.445. The van der Waals surface area contributed by atoms with Crippen molar-refractivity contribution in [3.63, 3.8) is 0 Å². The number of amides is 1. The maximum absolute atomic E-state index is 12.8. The zero-order chi connectivity index (χ0) is 23.4. The molecule has 9 heteroatoms. The Hall–Kier alpha value is -3.46. The van der Waals surface area contributed by atoms with Crippen LogP contribution in [-0.2, 0) is 17.6 Å². The van der Waals surface area contributed by atoms with E-state index in [0.29, 0.717) is 22.6 Å². The number of hydrogen-bond donors (Lipinski definition) is 1. The number of carbonyl (C=O) groups excluding carboxylic acids is 1. The topological polar surface area (TPSA) is 98.7 Å². The Balaban J connectivity index is 1.75. The first-order chi connectivity index (χ1) is 16.0. The van der Waals surface area contributed by atoms with Crippen molar-refractivity contribution in [2.75, 3.05) is 5.32 Å². The molecule has 0 aliphatic rings. The number of hydrogen-bond acceptors (Lipinski definition) is 7. The second-order valence-corrected chi connectivity index (χ2v) is 8.91. The number of pyridine rings is 1. The third-order valence-corrected chi connectivity index (χ3v) is 6.31. The number of para-hydroxylation sites is 1. The van der Waals surface area contributed by atoms with Gasteiger partial charge in [0.05, 0.1) is 16.6 Å². The van der Waals surface area contributed by atoms with Crippen molar-refractivity contribution in [3.05, 3.63) is 65.6 Å². The molecule has 170 valence electrons. The standard InChI is InChI=1S/C24H26N6O2S/c1-5-17-9-7-10-18(6-2)21(17)30-22(19-11-8-12-25-14-19)27-28-24(30)33-16(4)23(31)26-20-13-15(3)29-32-20/h7-14,16H,5-6H2,1-4H3,(H,26,31). The van der Waals surface area contributed by atoms with Gasteiger partial charge in [0, 0.05) is 24.0 Å². The minimum absolute atomic E-state index is 0.201. The average Bonchev–Trinajstić information content (AvgIpc) is 3.44. The summed E-state index contributed by atoms with van der Waals surface area (Å²) in [5.74, 6) is 0.819. The van der Waals surface area contributed by atoms with Crippen LogP contribution in [0.15, 0.2) is 58.5 Å². The van der Waals surface area contributed by atoms with Gasteiger partial charge in [-0.05, 0) is 49.9 Å². The molecular formula is C24H26N6O2S. The summed E-state index contributed by atoms with van der Waals surface area (Å²) in [6, 6.07) is 11.9. The molecule has 1 atom stereocenters. The van der Waals surface area contributed by atoms with E-state index in [1.165, 1.54) is 22.9 Å². The van der Waals surface area contributed by atoms with E-state index >= 15 is 0 Å². The summed E-state index contributed by atoms with van der Waals surface area (Å²) in [6.45, 7) is 7.90. The lowest BCUT2D eigenvalue weighted by molar-refractivity contribution is -0.115. The van der Waals surface area contributed by atoms with Gasteiger partial charge in [-0.2, -0.15) is 0 Å². The zero-order valence-electron chi connectivity index (χ0n) is 19.1. The summed E-state index contributed by atoms with van der Waals surface area (Å²) >= 11 is 1.35. The molecular weight excluding hydrogens is 436 g/mol. The van der Waals surface area contributed by atoms with Crippen molar-refractivity contribution in [3.8, 4) is 17.1 Å². The zero-order valence-corrected chi connectivity index (χ0v) is 19.9. The number of benzene rings is 1. The molecule has 0 radical (unpaired) electrons. The lowest BCUT2D eigenvalue weighted by atomic mass is 10.0. The third-order valence-electron chi connectivity index (χ3n) is 5.27. The van der Waals surface area contributed by atoms with Gasteiger partial charge < -0.3 is 4.52 Å². The molecule has 0 aliphatic heterocycles. The van der Waals surface area contributed by atoms with Gasteiger partial charge in [0.2, 0.25) is 11.8 Å². The second kappa shape index (κ2) is 9.99. The van der Waals surface area contributed by atoms with Crippen LogP contribution >= 0.6 is 11.8 Å². The lowest BCUT2D eigenvalue weighted by Crippen LogP contribution is -2.22. The fraction of sp³-hybridized carbons (Fsp3) is 0.292. The van der Waals surface area contributed by atoms with E-state index in [1.807, 2.05) is 19.1 Å². The maximum atomic E-state index is 12.8. The monoisotopic (exact) mass is 462 g/mol. The molecule has 8 nitrogen and oxygen atoms in total. The first-order valence-electron chi connectivity index (χ1n) is 10.9. The average molecular weight is 463 g/mol. The molecule has 0 saturated heterocycles. The SMILES string of the molecule is CCc1cccc(CC)c1-n1c(SC(C)C(=O)Nc2cc(C)no2)nnc1-c1cccnc1. The number of aromatic nitrogens is 5. The quantitative estimate of drug-likeness (QED) is 0.373. The molecule has 1 N–H and O–H groups in total. The highest BCUT2D eigenvalue weighted by atomic mass is 32.2. The van der Waals surface area contributed by atoms with Crippen molar-refractivity contribution in [2.24, 2.45) is 0 Å². The van der Waals surface area contributed by atoms with Crippen molar-refractivity contribution in [1.82, 2.24) is 24.9 Å². The highest BCUT2D eigenvalue weighted by molar-refractivity contribution is 8.00. The van der Waals surface area contributed by atoms with E-state index in [9.17, 15) is 4.79 Å². The van der Waals surface area contributed by atoms with E-state index < -0.39 is 5.25 Å². The molecule has 1 amide bonds. The van der Waals surface area contributed by atoms with Crippen LogP contribution in [0.4, 0.5) is 5.88 Å². The predicted molar refractivity (Wildman–Crippen MR) is 129 cm³/mol. The van der Waals surface area contributed by atoms with Crippen LogP contribution in [0.5, 0.6) is 0 Å². The Kier molecular flexibility index (Phi) is 6.88. The molecule has 1 unspecified atom stereocenters. The molecule has 33 heavy (non-hydrogen) atoms. The highest BCUT2D eigenvalue weighted by Crippen LogP contribution is 2.33. The smallest absolute Gasteiger partial charge is 0.240 e. The van der Waals surface area contributed by atoms with Crippen LogP contribution in [0.1, 0.15) is 37.6 Å². The fourth-order valence-corrected chi connectivity index (χ4v) is 4.44. The Morgan fingerprint density at radius 1 is 1.15 bits per heavy atom. The first-order valence-corrected chi connectivity index (χ1v) is 11.8. The summed E-state index contributed by atoms with van der Waals surface area (Å²) in [5, 5.41) is 15.8. The summed E-state index contributed by atoms with van der Waals surface area (Å²) in [7, 11) is 0. The van der Waals surface area contributed by atoms with E-state index in [1.54, 1.807) is 25.4 Å². The minimum Gasteiger partial charge on any atom is -0.338 e. The fourth-order valence-electron chi connectivity index (χ4n) is 3.59. The van der Waals surface area contributed by atoms with Crippen LogP contribution in [0.25, 0.3) is 17.1 Å². The summed E-state index contributed by atoms with van der Waals surface area (Å²) in [6.07, 6.45) is 5.23. The van der Waals surface area contributed by atoms with Gasteiger partial charge in [0.15, 0.2) is 11.0 Å². The second-order valence-electron chi connectivity index (χ2n) is 7.60. The van der Waals surface area contributed by atoms with E-state index in [4.69, 9.17) is 4.52 Å². The number of carbonyl (C=O) groups is 1. The van der Waals surface area contributed by atoms with Crippen LogP contribution < -0.4 is 5.32 Å². The van der Waals surface area contributed by atoms with Gasteiger partial charge in [0.1, 0.15) is 0 Å². The Morgan fingerprint density at radius 2 is 1.91 bits per heavy atom. The van der Waals surface area contributed by atoms with E-state index in [0.717, 1.165) is 24.1 Å². The molecule has 0 bridgehead atoms. The molecule has 0 aliphatic carbocycles. The number of anilines is 1. The Bertz CT molecular complexity index is 1230. The maximum Gasteiger partial charge on any atom is 0.240 e. The van der Waals surface area contributed by atoms with Crippen molar-refractivity contribution >= 4 is 23.6 Å². The number of nitrogens with zero attached hydrogens (tertiary/aromatic N) is 5. The normalized spacial score (nSPS) is 12.0. The van der Waals surface area contributed by atoms with E-state index in [2.05, 4.69) is 62.3 Å². The van der Waals surface area contributed by atoms with Gasteiger partial charge in [-0.25, -0.2) is 0 Å². The van der Waals surface area contributed by atoms with E-state index in [-0.39, 0.29) is 5.91 Å². The Labute approximate surface area is 196 Å². The van der Waals surface area contributed by atoms with Crippen LogP contribution in [0, 0.1) is 6.92 Å². The van der Waals surface area contributed by atoms with Crippen molar-refractivity contribution in [2.45, 2.75) is 50.9 Å². The highest BCUT2D eigenvalue weighted by Gasteiger charge is 2.24. The van der Waals surface area contributed by atoms with Crippen molar-refractivity contribution < 1.29 is 9.32 Å². The number of thioether (sulfide) groups is 1. The molecule has 4 rings (SSSR count). The summed E-state index contributed by atoms with van der Waals surface area (Å²) in [4.78, 5) is 17.1. The van der Waals surface area contributed by atoms with Crippen LogP contribution in [0.3, 0.4) is 0 Å². The molecule has 0 saturated carbocycles. The molecule has 3 heterocycles. The molecule has 1 aromatic carbocycles. The Morgan fingerprint density at radius 3 is 2.52 bits per heavy atom. The van der Waals surface area contributed by atoms with Gasteiger partial charge in [0.25, 0.3) is 0 Å². The van der Waals surface area contributed by atoms with Crippen LogP contribution in [-0.4, -0.2) is 36.1 Å². The largest absolute Gasteiger partial charge is 0.338 e. The lowest BCUT2D eigenvalue weighted by Gasteiger charge is -2.19. The van der Waals surface area contributed by atoms with Gasteiger partial charge in [-0.3, -0.25) is 19.7 Å². The summed E-state index contributed by atoms with van der Waals surface area (Å²) < 4.78 is 7.18. The van der Waals surface area contributed by atoms with Gasteiger partial charge in [-0.15, -0.1) is 10.2 Å². The number of rotatable bonds is 8. The van der Waals surface area contributed by atoms with Crippen LogP contribution in [0.2, 0.25) is 0 Å². The number of aryl methyl sites for hydroxylation is 3. The third kappa shape index (κ3) is 4.83. The predicted octanol–water partition coefficient (Wildman–Crippen LogP) is 4.87. The molecule has 3 aromatic heterocycles. The number of nitrogens with one attached hydrogen (secondary N) is 1. The van der Waals surface area contributed by atoms with Gasteiger partial charge >= 0.3 is 0 Å². The first kappa shape index (κ1) is 22.7. The van der Waals surface area contributed by atoms with Crippen molar-refractivity contribution in [1.29, 1.82) is 0 Å².